The van der Waals surface area contributed by atoms with Gasteiger partial charge in [0.15, 0.2) is 0 Å². The normalized spacial score (nSPS) is 11.3. The second kappa shape index (κ2) is 9.42. The number of benzene rings is 2. The van der Waals surface area contributed by atoms with E-state index in [2.05, 4.69) is 0 Å². The monoisotopic (exact) mass is 371 g/mol. The van der Waals surface area contributed by atoms with Gasteiger partial charge < -0.3 is 19.8 Å². The summed E-state index contributed by atoms with van der Waals surface area (Å²) < 4.78 is 5.55. The molecule has 1 amide bonds. The lowest BCUT2D eigenvalue weighted by Gasteiger charge is -2.28. The van der Waals surface area contributed by atoms with Crippen LogP contribution in [-0.2, 0) is 24.1 Å². The smallest absolute Gasteiger partial charge is 0.410 e. The number of nitrogens with zero attached hydrogens (tertiary/aromatic N) is 1. The van der Waals surface area contributed by atoms with Gasteiger partial charge in [-0.3, -0.25) is 0 Å². The fourth-order valence-corrected chi connectivity index (χ4v) is 2.77. The van der Waals surface area contributed by atoms with Crippen molar-refractivity contribution in [1.82, 2.24) is 4.90 Å². The number of para-hydroxylation sites is 1. The molecule has 0 bridgehead atoms. The summed E-state index contributed by atoms with van der Waals surface area (Å²) in [6, 6.07) is 15.0. The van der Waals surface area contributed by atoms with Gasteiger partial charge in [-0.25, -0.2) is 4.79 Å². The molecule has 0 fully saturated rings. The van der Waals surface area contributed by atoms with Crippen molar-refractivity contribution in [3.63, 3.8) is 0 Å². The van der Waals surface area contributed by atoms with Gasteiger partial charge >= 0.3 is 6.09 Å². The number of phenolic OH excluding ortho intramolecular Hbond substituents is 1. The van der Waals surface area contributed by atoms with Crippen molar-refractivity contribution in [3.05, 3.63) is 65.2 Å². The van der Waals surface area contributed by atoms with Crippen molar-refractivity contribution >= 4 is 6.09 Å². The maximum absolute atomic E-state index is 12.7. The largest absolute Gasteiger partial charge is 0.508 e. The van der Waals surface area contributed by atoms with Gasteiger partial charge in [-0.05, 0) is 56.4 Å². The van der Waals surface area contributed by atoms with Crippen LogP contribution in [0.1, 0.15) is 37.5 Å². The Balaban J connectivity index is 2.15. The molecular weight excluding hydrogens is 342 g/mol. The molecule has 0 saturated heterocycles. The summed E-state index contributed by atoms with van der Waals surface area (Å²) in [7, 11) is 0. The number of aliphatic hydroxyl groups excluding tert-OH is 1. The van der Waals surface area contributed by atoms with Crippen molar-refractivity contribution in [2.75, 3.05) is 13.2 Å². The van der Waals surface area contributed by atoms with Crippen molar-refractivity contribution in [1.29, 1.82) is 0 Å². The molecule has 0 aromatic heterocycles. The highest BCUT2D eigenvalue weighted by Gasteiger charge is 2.22. The molecule has 5 nitrogen and oxygen atoms in total. The van der Waals surface area contributed by atoms with E-state index in [1.807, 2.05) is 57.2 Å². The Morgan fingerprint density at radius 2 is 1.74 bits per heavy atom. The van der Waals surface area contributed by atoms with Crippen LogP contribution in [0, 0.1) is 0 Å². The number of aromatic hydroxyl groups is 1. The first-order valence-electron chi connectivity index (χ1n) is 9.22. The third kappa shape index (κ3) is 6.94. The van der Waals surface area contributed by atoms with E-state index in [9.17, 15) is 9.90 Å². The molecule has 2 aromatic carbocycles. The first kappa shape index (κ1) is 20.8. The van der Waals surface area contributed by atoms with Crippen LogP contribution >= 0.6 is 0 Å². The van der Waals surface area contributed by atoms with Gasteiger partial charge in [-0.2, -0.15) is 0 Å². The highest BCUT2D eigenvalue weighted by molar-refractivity contribution is 5.68. The quantitative estimate of drug-likeness (QED) is 0.774. The number of carbonyl (C=O) groups is 1. The number of phenols is 1. The minimum Gasteiger partial charge on any atom is -0.508 e. The minimum absolute atomic E-state index is 0.0898. The van der Waals surface area contributed by atoms with Crippen LogP contribution < -0.4 is 0 Å². The van der Waals surface area contributed by atoms with Crippen molar-refractivity contribution in [2.45, 2.75) is 45.8 Å². The minimum atomic E-state index is -0.580. The second-order valence-corrected chi connectivity index (χ2v) is 7.57. The van der Waals surface area contributed by atoms with Gasteiger partial charge in [-0.15, -0.1) is 0 Å². The van der Waals surface area contributed by atoms with Crippen LogP contribution in [0.5, 0.6) is 5.75 Å². The van der Waals surface area contributed by atoms with Crippen LogP contribution in [0.25, 0.3) is 0 Å². The summed E-state index contributed by atoms with van der Waals surface area (Å²) in [5.74, 6) is 0.228. The fourth-order valence-electron chi connectivity index (χ4n) is 2.77. The van der Waals surface area contributed by atoms with Gasteiger partial charge in [-0.1, -0.05) is 42.5 Å². The van der Waals surface area contributed by atoms with E-state index in [1.54, 1.807) is 17.0 Å². The molecule has 0 saturated carbocycles. The lowest BCUT2D eigenvalue weighted by molar-refractivity contribution is 0.0235. The lowest BCUT2D eigenvalue weighted by Crippen LogP contribution is -2.37. The average Bonchev–Trinajstić information content (AvgIpc) is 2.59. The summed E-state index contributed by atoms with van der Waals surface area (Å²) in [4.78, 5) is 14.3. The zero-order valence-corrected chi connectivity index (χ0v) is 16.3. The van der Waals surface area contributed by atoms with Crippen LogP contribution in [0.15, 0.2) is 48.5 Å². The molecule has 0 radical (unpaired) electrons. The molecule has 2 rings (SSSR count). The van der Waals surface area contributed by atoms with Crippen LogP contribution in [0.4, 0.5) is 4.79 Å². The highest BCUT2D eigenvalue weighted by Crippen LogP contribution is 2.19. The maximum atomic E-state index is 12.7. The fraction of sp³-hybridized carbons (Fsp3) is 0.409. The van der Waals surface area contributed by atoms with Crippen LogP contribution in [0.2, 0.25) is 0 Å². The predicted molar refractivity (Wildman–Crippen MR) is 106 cm³/mol. The Morgan fingerprint density at radius 1 is 1.04 bits per heavy atom. The Morgan fingerprint density at radius 3 is 2.41 bits per heavy atom. The molecule has 2 N–H and O–H groups in total. The number of hydrogen-bond donors (Lipinski definition) is 2. The molecule has 0 aliphatic heterocycles. The maximum Gasteiger partial charge on any atom is 0.410 e. The van der Waals surface area contributed by atoms with Crippen molar-refractivity contribution < 1.29 is 19.7 Å². The van der Waals surface area contributed by atoms with Crippen LogP contribution in [0.3, 0.4) is 0 Å². The third-order valence-electron chi connectivity index (χ3n) is 4.06. The Hall–Kier alpha value is -2.53. The molecule has 27 heavy (non-hydrogen) atoms. The van der Waals surface area contributed by atoms with Crippen LogP contribution in [-0.4, -0.2) is 40.0 Å². The van der Waals surface area contributed by atoms with Gasteiger partial charge in [0.2, 0.25) is 0 Å². The van der Waals surface area contributed by atoms with E-state index >= 15 is 0 Å². The summed E-state index contributed by atoms with van der Waals surface area (Å²) in [6.45, 7) is 6.45. The van der Waals surface area contributed by atoms with E-state index in [0.29, 0.717) is 25.9 Å². The van der Waals surface area contributed by atoms with Crippen molar-refractivity contribution in [3.8, 4) is 5.75 Å². The SMILES string of the molecule is CC(C)(C)OC(=O)N(CCc1ccccc1O)Cc1cccc(CCO)c1. The molecular formula is C22H29NO4. The zero-order valence-electron chi connectivity index (χ0n) is 16.3. The van der Waals surface area contributed by atoms with Gasteiger partial charge in [0.1, 0.15) is 11.4 Å². The molecule has 0 aliphatic carbocycles. The number of ether oxygens (including phenoxy) is 1. The van der Waals surface area contributed by atoms with E-state index in [4.69, 9.17) is 9.84 Å². The van der Waals surface area contributed by atoms with E-state index in [-0.39, 0.29) is 18.4 Å². The predicted octanol–water partition coefficient (Wildman–Crippen LogP) is 3.91. The van der Waals surface area contributed by atoms with Crippen molar-refractivity contribution in [2.24, 2.45) is 0 Å². The number of rotatable bonds is 7. The van der Waals surface area contributed by atoms with E-state index < -0.39 is 5.60 Å². The number of aliphatic hydroxyl groups is 1. The first-order valence-corrected chi connectivity index (χ1v) is 9.22. The van der Waals surface area contributed by atoms with Gasteiger partial charge in [0.05, 0.1) is 0 Å². The number of hydrogen-bond acceptors (Lipinski definition) is 4. The van der Waals surface area contributed by atoms with Gasteiger partial charge in [0.25, 0.3) is 0 Å². The topological polar surface area (TPSA) is 70.0 Å². The summed E-state index contributed by atoms with van der Waals surface area (Å²) in [5, 5.41) is 19.1. The molecule has 5 heteroatoms. The summed E-state index contributed by atoms with van der Waals surface area (Å²) in [6.07, 6.45) is 0.728. The average molecular weight is 371 g/mol. The Kier molecular flexibility index (Phi) is 7.25. The molecule has 0 heterocycles. The second-order valence-electron chi connectivity index (χ2n) is 7.57. The molecule has 0 spiro atoms. The lowest BCUT2D eigenvalue weighted by atomic mass is 10.1. The first-order chi connectivity index (χ1) is 12.8. The van der Waals surface area contributed by atoms with Gasteiger partial charge in [0, 0.05) is 19.7 Å². The molecule has 0 unspecified atom stereocenters. The molecule has 0 atom stereocenters. The molecule has 146 valence electrons. The van der Waals surface area contributed by atoms with E-state index in [1.165, 1.54) is 0 Å². The standard InChI is InChI=1S/C22H29NO4/c1-22(2,3)27-21(26)23(13-11-19-9-4-5-10-20(19)25)16-18-8-6-7-17(15-18)12-14-24/h4-10,15,24-25H,11-14,16H2,1-3H3. The molecule has 2 aromatic rings. The summed E-state index contributed by atoms with van der Waals surface area (Å²) in [5.41, 5.74) is 2.21. The zero-order chi connectivity index (χ0) is 19.9. The molecule has 0 aliphatic rings. The number of carbonyl (C=O) groups excluding carboxylic acids is 1. The van der Waals surface area contributed by atoms with E-state index in [0.717, 1.165) is 16.7 Å². The summed E-state index contributed by atoms with van der Waals surface area (Å²) >= 11 is 0. The highest BCUT2D eigenvalue weighted by atomic mass is 16.6. The number of amides is 1. The Labute approximate surface area is 161 Å². The Bertz CT molecular complexity index is 752. The third-order valence-corrected chi connectivity index (χ3v) is 4.06.